The van der Waals surface area contributed by atoms with E-state index in [2.05, 4.69) is 4.74 Å². The Bertz CT molecular complexity index is 815. The second kappa shape index (κ2) is 8.07. The van der Waals surface area contributed by atoms with E-state index in [1.165, 1.54) is 6.07 Å². The molecule has 2 aromatic rings. The molecule has 26 heavy (non-hydrogen) atoms. The standard InChI is InChI=1S/C19H18O7/c1-23-18(22)16(21)11-15(20)17-7-6-13(26-17)10-12-4-2-3-5-14(12)19-24-8-9-25-19/h2-7,19H,8-11H2,1H3. The number of ketones is 2. The minimum absolute atomic E-state index is 0.0306. The van der Waals surface area contributed by atoms with E-state index >= 15 is 0 Å². The molecule has 1 aliphatic rings. The molecule has 0 aliphatic carbocycles. The smallest absolute Gasteiger partial charge is 0.374 e. The van der Waals surface area contributed by atoms with Crippen LogP contribution in [0.15, 0.2) is 40.8 Å². The van der Waals surface area contributed by atoms with Gasteiger partial charge < -0.3 is 18.6 Å². The van der Waals surface area contributed by atoms with Gasteiger partial charge in [0.1, 0.15) is 5.76 Å². The van der Waals surface area contributed by atoms with Gasteiger partial charge >= 0.3 is 5.97 Å². The number of furan rings is 1. The molecule has 0 atom stereocenters. The van der Waals surface area contributed by atoms with E-state index in [4.69, 9.17) is 13.9 Å². The van der Waals surface area contributed by atoms with E-state index in [1.54, 1.807) is 6.07 Å². The molecule has 1 aromatic carbocycles. The van der Waals surface area contributed by atoms with Crippen molar-refractivity contribution in [2.24, 2.45) is 0 Å². The topological polar surface area (TPSA) is 92.0 Å². The Hall–Kier alpha value is -2.77. The highest BCUT2D eigenvalue weighted by molar-refractivity contribution is 6.37. The maximum Gasteiger partial charge on any atom is 0.374 e. The zero-order valence-corrected chi connectivity index (χ0v) is 14.2. The van der Waals surface area contributed by atoms with Crippen molar-refractivity contribution in [2.75, 3.05) is 20.3 Å². The van der Waals surface area contributed by atoms with Crippen molar-refractivity contribution in [3.63, 3.8) is 0 Å². The first-order valence-corrected chi connectivity index (χ1v) is 8.12. The van der Waals surface area contributed by atoms with Gasteiger partial charge in [-0.3, -0.25) is 9.59 Å². The third-order valence-electron chi connectivity index (χ3n) is 3.97. The summed E-state index contributed by atoms with van der Waals surface area (Å²) in [6, 6.07) is 10.8. The number of carbonyl (C=O) groups is 3. The number of esters is 1. The summed E-state index contributed by atoms with van der Waals surface area (Å²) < 4.78 is 20.9. The molecule has 0 radical (unpaired) electrons. The first-order valence-electron chi connectivity index (χ1n) is 8.12. The molecule has 0 saturated carbocycles. The van der Waals surface area contributed by atoms with E-state index < -0.39 is 30.2 Å². The molecule has 1 aliphatic heterocycles. The van der Waals surface area contributed by atoms with Crippen LogP contribution in [0.4, 0.5) is 0 Å². The van der Waals surface area contributed by atoms with Crippen molar-refractivity contribution in [3.05, 3.63) is 59.0 Å². The fourth-order valence-corrected chi connectivity index (χ4v) is 2.69. The van der Waals surface area contributed by atoms with Gasteiger partial charge in [0.05, 0.1) is 26.7 Å². The van der Waals surface area contributed by atoms with Gasteiger partial charge in [-0.2, -0.15) is 0 Å². The molecule has 2 heterocycles. The summed E-state index contributed by atoms with van der Waals surface area (Å²) in [6.45, 7) is 1.10. The Labute approximate surface area is 149 Å². The highest BCUT2D eigenvalue weighted by Crippen LogP contribution is 2.28. The molecule has 0 spiro atoms. The van der Waals surface area contributed by atoms with E-state index in [1.807, 2.05) is 24.3 Å². The van der Waals surface area contributed by atoms with Crippen molar-refractivity contribution in [1.82, 2.24) is 0 Å². The third kappa shape index (κ3) is 4.07. The van der Waals surface area contributed by atoms with Crippen molar-refractivity contribution in [3.8, 4) is 0 Å². The monoisotopic (exact) mass is 358 g/mol. The molecule has 1 fully saturated rings. The summed E-state index contributed by atoms with van der Waals surface area (Å²) in [5.41, 5.74) is 1.87. The van der Waals surface area contributed by atoms with Gasteiger partial charge in [-0.05, 0) is 17.7 Å². The Morgan fingerprint density at radius 2 is 1.81 bits per heavy atom. The van der Waals surface area contributed by atoms with Gasteiger partial charge in [-0.15, -0.1) is 0 Å². The van der Waals surface area contributed by atoms with Gasteiger partial charge in [0, 0.05) is 12.0 Å². The molecule has 0 unspecified atom stereocenters. The molecule has 0 N–H and O–H groups in total. The first-order chi connectivity index (χ1) is 12.6. The predicted molar refractivity (Wildman–Crippen MR) is 88.6 cm³/mol. The minimum atomic E-state index is -1.05. The van der Waals surface area contributed by atoms with Crippen LogP contribution in [0.25, 0.3) is 0 Å². The van der Waals surface area contributed by atoms with Gasteiger partial charge in [0.2, 0.25) is 11.6 Å². The van der Waals surface area contributed by atoms with Crippen LogP contribution in [0.1, 0.15) is 40.2 Å². The average molecular weight is 358 g/mol. The summed E-state index contributed by atoms with van der Waals surface area (Å²) in [5, 5.41) is 0. The molecule has 3 rings (SSSR count). The lowest BCUT2D eigenvalue weighted by Crippen LogP contribution is -2.19. The summed E-state index contributed by atoms with van der Waals surface area (Å²) in [6.07, 6.45) is -0.544. The van der Waals surface area contributed by atoms with Crippen LogP contribution in [0.3, 0.4) is 0 Å². The Morgan fingerprint density at radius 3 is 2.54 bits per heavy atom. The normalized spacial score (nSPS) is 14.3. The summed E-state index contributed by atoms with van der Waals surface area (Å²) in [7, 11) is 1.09. The van der Waals surface area contributed by atoms with E-state index in [9.17, 15) is 14.4 Å². The SMILES string of the molecule is COC(=O)C(=O)CC(=O)c1ccc(Cc2ccccc2C2OCCO2)o1. The van der Waals surface area contributed by atoms with Crippen LogP contribution in [0.2, 0.25) is 0 Å². The number of hydrogen-bond donors (Lipinski definition) is 0. The summed E-state index contributed by atoms with van der Waals surface area (Å²) in [4.78, 5) is 34.6. The van der Waals surface area contributed by atoms with E-state index in [-0.39, 0.29) is 5.76 Å². The molecule has 136 valence electrons. The lowest BCUT2D eigenvalue weighted by molar-refractivity contribution is -0.151. The number of Topliss-reactive ketones (excluding diaryl/α,β-unsaturated/α-hetero) is 2. The zero-order chi connectivity index (χ0) is 18.5. The van der Waals surface area contributed by atoms with Crippen molar-refractivity contribution < 1.29 is 33.0 Å². The number of carbonyl (C=O) groups excluding carboxylic acids is 3. The third-order valence-corrected chi connectivity index (χ3v) is 3.97. The number of hydrogen-bond acceptors (Lipinski definition) is 7. The molecule has 7 nitrogen and oxygen atoms in total. The van der Waals surface area contributed by atoms with Gasteiger partial charge in [-0.1, -0.05) is 24.3 Å². The first kappa shape index (κ1) is 18.0. The highest BCUT2D eigenvalue weighted by Gasteiger charge is 2.23. The maximum atomic E-state index is 12.1. The number of ether oxygens (including phenoxy) is 3. The van der Waals surface area contributed by atoms with Crippen LogP contribution < -0.4 is 0 Å². The number of rotatable bonds is 7. The van der Waals surface area contributed by atoms with E-state index in [0.29, 0.717) is 25.4 Å². The van der Waals surface area contributed by atoms with Crippen LogP contribution in [0.5, 0.6) is 0 Å². The fourth-order valence-electron chi connectivity index (χ4n) is 2.69. The molecule has 0 amide bonds. The van der Waals surface area contributed by atoms with Crippen LogP contribution in [0, 0.1) is 0 Å². The molecule has 1 aromatic heterocycles. The molecular formula is C19H18O7. The number of benzene rings is 1. The molecule has 1 saturated heterocycles. The summed E-state index contributed by atoms with van der Waals surface area (Å²) >= 11 is 0. The second-order valence-electron chi connectivity index (χ2n) is 5.73. The lowest BCUT2D eigenvalue weighted by Gasteiger charge is -2.13. The Balaban J connectivity index is 1.70. The van der Waals surface area contributed by atoms with Gasteiger partial charge in [0.15, 0.2) is 12.1 Å². The van der Waals surface area contributed by atoms with Gasteiger partial charge in [-0.25, -0.2) is 4.79 Å². The van der Waals surface area contributed by atoms with E-state index in [0.717, 1.165) is 18.2 Å². The zero-order valence-electron chi connectivity index (χ0n) is 14.2. The predicted octanol–water partition coefficient (Wildman–Crippen LogP) is 2.23. The lowest BCUT2D eigenvalue weighted by atomic mass is 10.0. The van der Waals surface area contributed by atoms with Crippen molar-refractivity contribution >= 4 is 17.5 Å². The molecule has 7 heteroatoms. The Kier molecular flexibility index (Phi) is 5.60. The largest absolute Gasteiger partial charge is 0.463 e. The highest BCUT2D eigenvalue weighted by atomic mass is 16.7. The summed E-state index contributed by atoms with van der Waals surface area (Å²) in [5.74, 6) is -1.93. The van der Waals surface area contributed by atoms with Crippen LogP contribution >= 0.6 is 0 Å². The van der Waals surface area contributed by atoms with Crippen LogP contribution in [-0.4, -0.2) is 37.9 Å². The number of methoxy groups -OCH3 is 1. The quantitative estimate of drug-likeness (QED) is 0.324. The molecular weight excluding hydrogens is 340 g/mol. The van der Waals surface area contributed by atoms with Crippen molar-refractivity contribution in [2.45, 2.75) is 19.1 Å². The van der Waals surface area contributed by atoms with Gasteiger partial charge in [0.25, 0.3) is 0 Å². The minimum Gasteiger partial charge on any atom is -0.463 e. The van der Waals surface area contributed by atoms with Crippen LogP contribution in [-0.2, 0) is 30.2 Å². The van der Waals surface area contributed by atoms with Crippen molar-refractivity contribution in [1.29, 1.82) is 0 Å². The maximum absolute atomic E-state index is 12.1. The Morgan fingerprint density at radius 1 is 1.08 bits per heavy atom. The second-order valence-corrected chi connectivity index (χ2v) is 5.73. The fraction of sp³-hybridized carbons (Fsp3) is 0.316. The average Bonchev–Trinajstić information content (AvgIpc) is 3.33. The molecule has 0 bridgehead atoms.